The summed E-state index contributed by atoms with van der Waals surface area (Å²) in [6.45, 7) is -1.24. The van der Waals surface area contributed by atoms with Gasteiger partial charge in [0.1, 0.15) is 17.3 Å². The summed E-state index contributed by atoms with van der Waals surface area (Å²) >= 11 is 12.1. The SMILES string of the molecule is O=C(CN(Cc1cc(F)cc(F)c1)C(=O)c1cnn([C@H]2CC[C@H](C(=O)O)CC2)c1C(F)F)c1c(Cl)cncc1Cl. The molecule has 212 valence electrons. The van der Waals surface area contributed by atoms with Gasteiger partial charge in [-0.2, -0.15) is 5.10 Å². The fraction of sp³-hybridized carbons (Fsp3) is 0.346. The lowest BCUT2D eigenvalue weighted by Gasteiger charge is -2.28. The number of carbonyl (C=O) groups is 3. The summed E-state index contributed by atoms with van der Waals surface area (Å²) in [5.41, 5.74) is -1.41. The normalized spacial score (nSPS) is 17.2. The number of nitrogens with zero attached hydrogens (tertiary/aromatic N) is 4. The number of carboxylic acid groups (broad SMARTS) is 1. The standard InChI is InChI=1S/C26H22Cl2F4N4O4/c27-19-9-33-10-20(28)22(19)21(37)12-35(11-13-5-15(29)7-16(30)6-13)25(38)18-8-34-36(23(18)24(31)32)17-3-1-14(2-4-17)26(39)40/h5-10,14,17,24H,1-4,11-12H2,(H,39,40)/t14-,17-. The number of Topliss-reactive ketones (excluding diaryl/α,β-unsaturated/α-hetero) is 1. The van der Waals surface area contributed by atoms with E-state index >= 15 is 0 Å². The minimum atomic E-state index is -3.15. The van der Waals surface area contributed by atoms with Crippen molar-refractivity contribution in [2.45, 2.75) is 44.7 Å². The number of rotatable bonds is 9. The fourth-order valence-corrected chi connectivity index (χ4v) is 5.41. The largest absolute Gasteiger partial charge is 0.481 e. The average molecular weight is 601 g/mol. The second-order valence-corrected chi connectivity index (χ2v) is 10.2. The smallest absolute Gasteiger partial charge is 0.306 e. The van der Waals surface area contributed by atoms with Crippen molar-refractivity contribution in [3.63, 3.8) is 0 Å². The molecule has 0 radical (unpaired) electrons. The predicted molar refractivity (Wildman–Crippen MR) is 136 cm³/mol. The van der Waals surface area contributed by atoms with Crippen LogP contribution in [-0.4, -0.2) is 49.0 Å². The van der Waals surface area contributed by atoms with Gasteiger partial charge in [-0.05, 0) is 43.4 Å². The van der Waals surface area contributed by atoms with Gasteiger partial charge in [-0.3, -0.25) is 24.0 Å². The van der Waals surface area contributed by atoms with Gasteiger partial charge in [-0.1, -0.05) is 23.2 Å². The van der Waals surface area contributed by atoms with Crippen LogP contribution in [0.5, 0.6) is 0 Å². The summed E-state index contributed by atoms with van der Waals surface area (Å²) < 4.78 is 57.5. The minimum absolute atomic E-state index is 0.0384. The van der Waals surface area contributed by atoms with E-state index in [2.05, 4.69) is 10.1 Å². The molecule has 0 spiro atoms. The Hall–Kier alpha value is -3.51. The molecule has 1 saturated carbocycles. The van der Waals surface area contributed by atoms with Crippen molar-refractivity contribution < 1.29 is 37.1 Å². The van der Waals surface area contributed by atoms with Crippen LogP contribution >= 0.6 is 23.2 Å². The van der Waals surface area contributed by atoms with E-state index in [9.17, 15) is 37.1 Å². The zero-order valence-electron chi connectivity index (χ0n) is 20.7. The molecule has 1 amide bonds. The summed E-state index contributed by atoms with van der Waals surface area (Å²) in [7, 11) is 0. The van der Waals surface area contributed by atoms with Gasteiger partial charge in [0.15, 0.2) is 5.78 Å². The predicted octanol–water partition coefficient (Wildman–Crippen LogP) is 6.14. The molecule has 14 heteroatoms. The van der Waals surface area contributed by atoms with Crippen molar-refractivity contribution in [3.05, 3.63) is 80.9 Å². The first-order chi connectivity index (χ1) is 19.0. The zero-order chi connectivity index (χ0) is 29.1. The molecule has 8 nitrogen and oxygen atoms in total. The first kappa shape index (κ1) is 29.5. The molecular weight excluding hydrogens is 579 g/mol. The van der Waals surface area contributed by atoms with E-state index in [1.54, 1.807) is 0 Å². The van der Waals surface area contributed by atoms with Crippen molar-refractivity contribution in [3.8, 4) is 0 Å². The van der Waals surface area contributed by atoms with E-state index in [1.165, 1.54) is 0 Å². The van der Waals surface area contributed by atoms with Gasteiger partial charge in [0, 0.05) is 25.0 Å². The van der Waals surface area contributed by atoms with Gasteiger partial charge in [-0.25, -0.2) is 17.6 Å². The Labute approximate surface area is 235 Å². The number of ketones is 1. The molecule has 0 atom stereocenters. The minimum Gasteiger partial charge on any atom is -0.481 e. The molecule has 1 aromatic carbocycles. The van der Waals surface area contributed by atoms with Crippen LogP contribution in [-0.2, 0) is 11.3 Å². The van der Waals surface area contributed by atoms with Crippen LogP contribution in [0.15, 0.2) is 36.8 Å². The highest BCUT2D eigenvalue weighted by atomic mass is 35.5. The lowest BCUT2D eigenvalue weighted by atomic mass is 9.86. The Kier molecular flexibility index (Phi) is 9.09. The van der Waals surface area contributed by atoms with E-state index in [0.29, 0.717) is 6.07 Å². The number of pyridine rings is 1. The Morgan fingerprint density at radius 1 is 1.00 bits per heavy atom. The monoisotopic (exact) mass is 600 g/mol. The number of aromatic nitrogens is 3. The van der Waals surface area contributed by atoms with Crippen LogP contribution < -0.4 is 0 Å². The maximum atomic E-state index is 14.3. The van der Waals surface area contributed by atoms with Crippen molar-refractivity contribution in [2.75, 3.05) is 6.54 Å². The Morgan fingerprint density at radius 3 is 2.15 bits per heavy atom. The summed E-state index contributed by atoms with van der Waals surface area (Å²) in [6.07, 6.45) is 1.15. The summed E-state index contributed by atoms with van der Waals surface area (Å²) in [5.74, 6) is -5.24. The van der Waals surface area contributed by atoms with E-state index in [4.69, 9.17) is 23.2 Å². The summed E-state index contributed by atoms with van der Waals surface area (Å²) in [4.78, 5) is 42.7. The van der Waals surface area contributed by atoms with Gasteiger partial charge < -0.3 is 10.0 Å². The third kappa shape index (κ3) is 6.44. The molecule has 0 unspecified atom stereocenters. The van der Waals surface area contributed by atoms with E-state index in [1.807, 2.05) is 0 Å². The number of carbonyl (C=O) groups excluding carboxylic acids is 2. The first-order valence-electron chi connectivity index (χ1n) is 12.1. The van der Waals surface area contributed by atoms with Crippen LogP contribution in [0.25, 0.3) is 0 Å². The quantitative estimate of drug-likeness (QED) is 0.233. The number of hydrogen-bond donors (Lipinski definition) is 1. The molecule has 4 rings (SSSR count). The Balaban J connectivity index is 1.69. The molecule has 1 aliphatic rings. The average Bonchev–Trinajstić information content (AvgIpc) is 3.33. The third-order valence-corrected chi connectivity index (χ3v) is 7.29. The second kappa shape index (κ2) is 12.3. The molecule has 40 heavy (non-hydrogen) atoms. The number of aliphatic carboxylic acids is 1. The first-order valence-corrected chi connectivity index (χ1v) is 12.9. The highest BCUT2D eigenvalue weighted by molar-refractivity contribution is 6.39. The number of benzene rings is 1. The number of amides is 1. The van der Waals surface area contributed by atoms with Crippen molar-refractivity contribution in [1.82, 2.24) is 19.7 Å². The van der Waals surface area contributed by atoms with Crippen molar-refractivity contribution in [1.29, 1.82) is 0 Å². The number of carboxylic acids is 1. The number of hydrogen-bond acceptors (Lipinski definition) is 5. The molecule has 1 fully saturated rings. The Bertz CT molecular complexity index is 1400. The highest BCUT2D eigenvalue weighted by Crippen LogP contribution is 2.36. The van der Waals surface area contributed by atoms with Crippen LogP contribution in [0.4, 0.5) is 17.6 Å². The van der Waals surface area contributed by atoms with E-state index < -0.39 is 72.0 Å². The van der Waals surface area contributed by atoms with Gasteiger partial charge in [0.25, 0.3) is 12.3 Å². The van der Waals surface area contributed by atoms with Crippen molar-refractivity contribution in [2.24, 2.45) is 5.92 Å². The third-order valence-electron chi connectivity index (χ3n) is 6.71. The summed E-state index contributed by atoms with van der Waals surface area (Å²) in [5, 5.41) is 13.0. The molecule has 1 N–H and O–H groups in total. The second-order valence-electron chi connectivity index (χ2n) is 9.37. The van der Waals surface area contributed by atoms with Gasteiger partial charge in [-0.15, -0.1) is 0 Å². The Morgan fingerprint density at radius 2 is 1.60 bits per heavy atom. The lowest BCUT2D eigenvalue weighted by Crippen LogP contribution is -2.36. The highest BCUT2D eigenvalue weighted by Gasteiger charge is 2.34. The fourth-order valence-electron chi connectivity index (χ4n) is 4.83. The molecule has 2 heterocycles. The van der Waals surface area contributed by atoms with Gasteiger partial charge in [0.05, 0.1) is 45.9 Å². The molecular formula is C26H22Cl2F4N4O4. The maximum Gasteiger partial charge on any atom is 0.306 e. The molecule has 2 aromatic heterocycles. The molecule has 0 aliphatic heterocycles. The van der Waals surface area contributed by atoms with Crippen LogP contribution in [0.2, 0.25) is 10.0 Å². The molecule has 3 aromatic rings. The molecule has 1 aliphatic carbocycles. The maximum absolute atomic E-state index is 14.3. The van der Waals surface area contributed by atoms with Gasteiger partial charge >= 0.3 is 5.97 Å². The van der Waals surface area contributed by atoms with Gasteiger partial charge in [0.2, 0.25) is 0 Å². The lowest BCUT2D eigenvalue weighted by molar-refractivity contribution is -0.143. The molecule has 0 saturated heterocycles. The number of alkyl halides is 2. The van der Waals surface area contributed by atoms with E-state index in [0.717, 1.165) is 40.3 Å². The number of halogens is 6. The van der Waals surface area contributed by atoms with E-state index in [-0.39, 0.29) is 46.9 Å². The zero-order valence-corrected chi connectivity index (χ0v) is 22.2. The molecule has 0 bridgehead atoms. The summed E-state index contributed by atoms with van der Waals surface area (Å²) in [6, 6.07) is 1.94. The van der Waals surface area contributed by atoms with Crippen LogP contribution in [0, 0.1) is 17.6 Å². The van der Waals surface area contributed by atoms with Crippen molar-refractivity contribution >= 4 is 40.9 Å². The van der Waals surface area contributed by atoms with Crippen LogP contribution in [0.1, 0.15) is 70.1 Å². The van der Waals surface area contributed by atoms with Crippen LogP contribution in [0.3, 0.4) is 0 Å². The topological polar surface area (TPSA) is 105 Å².